The fraction of sp³-hybridized carbons (Fsp3) is 0.875. The van der Waals surface area contributed by atoms with E-state index >= 15 is 0 Å². The SMILES string of the molecule is CCOC(=O)C(C)CCCCCCC(=O)OC(C)(C)C. The van der Waals surface area contributed by atoms with Crippen molar-refractivity contribution in [2.24, 2.45) is 5.92 Å². The molecular formula is C16H30O4. The van der Waals surface area contributed by atoms with E-state index in [4.69, 9.17) is 9.47 Å². The standard InChI is InChI=1S/C16H30O4/c1-6-19-15(18)13(2)11-9-7-8-10-12-14(17)20-16(3,4)5/h13H,6-12H2,1-5H3. The molecule has 0 radical (unpaired) electrons. The minimum absolute atomic E-state index is 0.0270. The van der Waals surface area contributed by atoms with Crippen LogP contribution in [-0.2, 0) is 19.1 Å². The van der Waals surface area contributed by atoms with E-state index in [9.17, 15) is 9.59 Å². The highest BCUT2D eigenvalue weighted by molar-refractivity contribution is 5.71. The molecule has 0 spiro atoms. The summed E-state index contributed by atoms with van der Waals surface area (Å²) in [7, 11) is 0. The van der Waals surface area contributed by atoms with Crippen LogP contribution in [-0.4, -0.2) is 24.1 Å². The number of carbonyl (C=O) groups is 2. The second-order valence-corrected chi connectivity index (χ2v) is 6.19. The summed E-state index contributed by atoms with van der Waals surface area (Å²) in [5.74, 6) is -0.264. The molecule has 4 nitrogen and oxygen atoms in total. The van der Waals surface area contributed by atoms with Crippen molar-refractivity contribution in [1.29, 1.82) is 0 Å². The van der Waals surface area contributed by atoms with E-state index in [0.29, 0.717) is 13.0 Å². The van der Waals surface area contributed by atoms with Gasteiger partial charge in [-0.1, -0.05) is 26.2 Å². The fourth-order valence-electron chi connectivity index (χ4n) is 1.87. The molecule has 4 heteroatoms. The minimum atomic E-state index is -0.397. The molecule has 0 aromatic rings. The summed E-state index contributed by atoms with van der Waals surface area (Å²) >= 11 is 0. The number of carbonyl (C=O) groups excluding carboxylic acids is 2. The molecule has 20 heavy (non-hydrogen) atoms. The topological polar surface area (TPSA) is 52.6 Å². The van der Waals surface area contributed by atoms with Crippen molar-refractivity contribution in [1.82, 2.24) is 0 Å². The van der Waals surface area contributed by atoms with Crippen molar-refractivity contribution in [3.8, 4) is 0 Å². The molecule has 0 aromatic heterocycles. The van der Waals surface area contributed by atoms with Crippen LogP contribution in [0.5, 0.6) is 0 Å². The zero-order chi connectivity index (χ0) is 15.6. The van der Waals surface area contributed by atoms with Gasteiger partial charge in [0.15, 0.2) is 0 Å². The lowest BCUT2D eigenvalue weighted by Crippen LogP contribution is -2.23. The molecule has 0 aliphatic heterocycles. The van der Waals surface area contributed by atoms with Gasteiger partial charge in [0, 0.05) is 6.42 Å². The summed E-state index contributed by atoms with van der Waals surface area (Å²) in [5.41, 5.74) is -0.397. The second kappa shape index (κ2) is 9.78. The van der Waals surface area contributed by atoms with Gasteiger partial charge in [-0.05, 0) is 40.5 Å². The van der Waals surface area contributed by atoms with E-state index in [1.165, 1.54) is 0 Å². The van der Waals surface area contributed by atoms with Gasteiger partial charge in [-0.3, -0.25) is 9.59 Å². The van der Waals surface area contributed by atoms with Gasteiger partial charge < -0.3 is 9.47 Å². The molecule has 0 aliphatic rings. The first-order valence-corrected chi connectivity index (χ1v) is 7.64. The Morgan fingerprint density at radius 2 is 1.65 bits per heavy atom. The molecule has 1 unspecified atom stereocenters. The van der Waals surface area contributed by atoms with E-state index in [0.717, 1.165) is 32.1 Å². The molecule has 0 aromatic carbocycles. The molecule has 0 rings (SSSR count). The third-order valence-electron chi connectivity index (χ3n) is 2.88. The zero-order valence-electron chi connectivity index (χ0n) is 13.7. The Morgan fingerprint density at radius 3 is 2.20 bits per heavy atom. The van der Waals surface area contributed by atoms with Gasteiger partial charge in [0.05, 0.1) is 12.5 Å². The average Bonchev–Trinajstić information content (AvgIpc) is 2.31. The minimum Gasteiger partial charge on any atom is -0.466 e. The van der Waals surface area contributed by atoms with Crippen molar-refractivity contribution < 1.29 is 19.1 Å². The van der Waals surface area contributed by atoms with Crippen LogP contribution < -0.4 is 0 Å². The molecule has 0 bridgehead atoms. The second-order valence-electron chi connectivity index (χ2n) is 6.19. The highest BCUT2D eigenvalue weighted by Crippen LogP contribution is 2.14. The first-order chi connectivity index (χ1) is 9.26. The first-order valence-electron chi connectivity index (χ1n) is 7.64. The highest BCUT2D eigenvalue weighted by Gasteiger charge is 2.16. The maximum Gasteiger partial charge on any atom is 0.308 e. The molecule has 0 amide bonds. The largest absolute Gasteiger partial charge is 0.466 e. The molecule has 0 N–H and O–H groups in total. The Bertz CT molecular complexity index is 291. The van der Waals surface area contributed by atoms with Crippen LogP contribution >= 0.6 is 0 Å². The van der Waals surface area contributed by atoms with Gasteiger partial charge in [-0.15, -0.1) is 0 Å². The zero-order valence-corrected chi connectivity index (χ0v) is 13.7. The van der Waals surface area contributed by atoms with Crippen molar-refractivity contribution in [2.75, 3.05) is 6.61 Å². The third kappa shape index (κ3) is 10.8. The summed E-state index contributed by atoms with van der Waals surface area (Å²) in [6.45, 7) is 9.80. The number of esters is 2. The van der Waals surface area contributed by atoms with Gasteiger partial charge >= 0.3 is 11.9 Å². The summed E-state index contributed by atoms with van der Waals surface area (Å²) in [6.07, 6.45) is 5.20. The van der Waals surface area contributed by atoms with Crippen molar-refractivity contribution in [2.45, 2.75) is 78.7 Å². The molecule has 0 aliphatic carbocycles. The summed E-state index contributed by atoms with van der Waals surface area (Å²) in [4.78, 5) is 22.9. The van der Waals surface area contributed by atoms with Crippen LogP contribution in [0.3, 0.4) is 0 Å². The summed E-state index contributed by atoms with van der Waals surface area (Å²) in [5, 5.41) is 0. The van der Waals surface area contributed by atoms with Crippen LogP contribution in [0.1, 0.15) is 73.1 Å². The lowest BCUT2D eigenvalue weighted by atomic mass is 10.0. The smallest absolute Gasteiger partial charge is 0.308 e. The van der Waals surface area contributed by atoms with Crippen LogP contribution in [0.2, 0.25) is 0 Å². The van der Waals surface area contributed by atoms with E-state index in [1.807, 2.05) is 34.6 Å². The lowest BCUT2D eigenvalue weighted by Gasteiger charge is -2.19. The van der Waals surface area contributed by atoms with E-state index < -0.39 is 5.60 Å². The Balaban J connectivity index is 3.54. The summed E-state index contributed by atoms with van der Waals surface area (Å²) in [6, 6.07) is 0. The van der Waals surface area contributed by atoms with Gasteiger partial charge in [0.2, 0.25) is 0 Å². The Morgan fingerprint density at radius 1 is 1.05 bits per heavy atom. The van der Waals surface area contributed by atoms with Crippen LogP contribution in [0, 0.1) is 5.92 Å². The van der Waals surface area contributed by atoms with Gasteiger partial charge in [-0.2, -0.15) is 0 Å². The lowest BCUT2D eigenvalue weighted by molar-refractivity contribution is -0.155. The first kappa shape index (κ1) is 18.9. The van der Waals surface area contributed by atoms with Gasteiger partial charge in [-0.25, -0.2) is 0 Å². The molecule has 0 saturated carbocycles. The molecule has 118 valence electrons. The fourth-order valence-corrected chi connectivity index (χ4v) is 1.87. The predicted octanol–water partition coefficient (Wildman–Crippen LogP) is 3.87. The van der Waals surface area contributed by atoms with E-state index in [2.05, 4.69) is 0 Å². The maximum absolute atomic E-state index is 11.5. The van der Waals surface area contributed by atoms with Gasteiger partial charge in [0.1, 0.15) is 5.60 Å². The number of rotatable bonds is 9. The van der Waals surface area contributed by atoms with Crippen molar-refractivity contribution >= 4 is 11.9 Å². The number of hydrogen-bond acceptors (Lipinski definition) is 4. The number of unbranched alkanes of at least 4 members (excludes halogenated alkanes) is 3. The van der Waals surface area contributed by atoms with Gasteiger partial charge in [0.25, 0.3) is 0 Å². The summed E-state index contributed by atoms with van der Waals surface area (Å²) < 4.78 is 10.2. The number of hydrogen-bond donors (Lipinski definition) is 0. The average molecular weight is 286 g/mol. The quantitative estimate of drug-likeness (QED) is 0.477. The van der Waals surface area contributed by atoms with E-state index in [-0.39, 0.29) is 17.9 Å². The molecular weight excluding hydrogens is 256 g/mol. The van der Waals surface area contributed by atoms with Crippen LogP contribution in [0.15, 0.2) is 0 Å². The maximum atomic E-state index is 11.5. The van der Waals surface area contributed by atoms with E-state index in [1.54, 1.807) is 0 Å². The third-order valence-corrected chi connectivity index (χ3v) is 2.88. The van der Waals surface area contributed by atoms with Crippen molar-refractivity contribution in [3.63, 3.8) is 0 Å². The van der Waals surface area contributed by atoms with Crippen LogP contribution in [0.25, 0.3) is 0 Å². The van der Waals surface area contributed by atoms with Crippen molar-refractivity contribution in [3.05, 3.63) is 0 Å². The Labute approximate surface area is 123 Å². The molecule has 1 atom stereocenters. The Kier molecular flexibility index (Phi) is 9.26. The molecule has 0 heterocycles. The Hall–Kier alpha value is -1.06. The predicted molar refractivity (Wildman–Crippen MR) is 79.3 cm³/mol. The molecule has 0 fully saturated rings. The van der Waals surface area contributed by atoms with Crippen LogP contribution in [0.4, 0.5) is 0 Å². The number of ether oxygens (including phenoxy) is 2. The normalized spacial score (nSPS) is 12.8. The molecule has 0 saturated heterocycles. The monoisotopic (exact) mass is 286 g/mol. The highest BCUT2D eigenvalue weighted by atomic mass is 16.6.